The van der Waals surface area contributed by atoms with Gasteiger partial charge in [0, 0.05) is 5.25 Å². The van der Waals surface area contributed by atoms with Crippen LogP contribution in [0.4, 0.5) is 0 Å². The minimum Gasteiger partial charge on any atom is -0.157 e. The molecular weight excluding hydrogens is 176 g/mol. The molecule has 0 nitrogen and oxygen atoms in total. The predicted octanol–water partition coefficient (Wildman–Crippen LogP) is 4.12. The zero-order chi connectivity index (χ0) is 9.84. The molecular formula is C12H18S. The van der Waals surface area contributed by atoms with Gasteiger partial charge in [0.15, 0.2) is 0 Å². The first-order chi connectivity index (χ1) is 6.19. The molecule has 0 saturated carbocycles. The van der Waals surface area contributed by atoms with Crippen LogP contribution >= 0.6 is 11.8 Å². The van der Waals surface area contributed by atoms with E-state index in [-0.39, 0.29) is 0 Å². The first-order valence-corrected chi connectivity index (χ1v) is 6.07. The highest BCUT2D eigenvalue weighted by Gasteiger charge is 2.07. The standard InChI is InChI=1S/C12H18S/c1-5-12(13-4)11-7-6-9(2)10(3)8-11/h6-8,12H,5H2,1-4H3. The molecule has 1 aromatic carbocycles. The Morgan fingerprint density at radius 1 is 1.23 bits per heavy atom. The molecule has 0 aliphatic heterocycles. The van der Waals surface area contributed by atoms with Gasteiger partial charge in [-0.3, -0.25) is 0 Å². The first kappa shape index (κ1) is 10.6. The zero-order valence-corrected chi connectivity index (χ0v) is 9.74. The Kier molecular flexibility index (Phi) is 3.86. The summed E-state index contributed by atoms with van der Waals surface area (Å²) in [6, 6.07) is 6.80. The Hall–Kier alpha value is -0.430. The van der Waals surface area contributed by atoms with E-state index in [1.807, 2.05) is 11.8 Å². The lowest BCUT2D eigenvalue weighted by atomic mass is 10.0. The molecule has 0 N–H and O–H groups in total. The van der Waals surface area contributed by atoms with Crippen molar-refractivity contribution < 1.29 is 0 Å². The third-order valence-corrected chi connectivity index (χ3v) is 3.73. The molecule has 0 bridgehead atoms. The first-order valence-electron chi connectivity index (χ1n) is 4.79. The lowest BCUT2D eigenvalue weighted by molar-refractivity contribution is 0.895. The molecule has 0 spiro atoms. The summed E-state index contributed by atoms with van der Waals surface area (Å²) in [7, 11) is 0. The Labute approximate surface area is 85.7 Å². The van der Waals surface area contributed by atoms with Gasteiger partial charge in [-0.2, -0.15) is 11.8 Å². The Morgan fingerprint density at radius 3 is 2.38 bits per heavy atom. The fraction of sp³-hybridized carbons (Fsp3) is 0.500. The van der Waals surface area contributed by atoms with E-state index >= 15 is 0 Å². The van der Waals surface area contributed by atoms with Crippen LogP contribution < -0.4 is 0 Å². The van der Waals surface area contributed by atoms with E-state index in [1.54, 1.807) is 0 Å². The van der Waals surface area contributed by atoms with Gasteiger partial charge in [0.05, 0.1) is 0 Å². The van der Waals surface area contributed by atoms with E-state index < -0.39 is 0 Å². The molecule has 0 saturated heterocycles. The van der Waals surface area contributed by atoms with E-state index in [0.717, 1.165) is 0 Å². The van der Waals surface area contributed by atoms with Gasteiger partial charge in [-0.25, -0.2) is 0 Å². The summed E-state index contributed by atoms with van der Waals surface area (Å²) in [5, 5.41) is 0.666. The average molecular weight is 194 g/mol. The molecule has 0 radical (unpaired) electrons. The average Bonchev–Trinajstić information content (AvgIpc) is 2.13. The zero-order valence-electron chi connectivity index (χ0n) is 8.92. The highest BCUT2D eigenvalue weighted by atomic mass is 32.2. The quantitative estimate of drug-likeness (QED) is 0.697. The van der Waals surface area contributed by atoms with Crippen molar-refractivity contribution in [1.82, 2.24) is 0 Å². The summed E-state index contributed by atoms with van der Waals surface area (Å²) in [6.45, 7) is 6.60. The molecule has 1 unspecified atom stereocenters. The molecule has 1 heteroatoms. The van der Waals surface area contributed by atoms with Crippen LogP contribution in [0.3, 0.4) is 0 Å². The smallest absolute Gasteiger partial charge is 0.0292 e. The minimum absolute atomic E-state index is 0.666. The van der Waals surface area contributed by atoms with E-state index in [4.69, 9.17) is 0 Å². The third kappa shape index (κ3) is 2.50. The van der Waals surface area contributed by atoms with Crippen LogP contribution in [0, 0.1) is 13.8 Å². The second-order valence-corrected chi connectivity index (χ2v) is 4.52. The highest BCUT2D eigenvalue weighted by molar-refractivity contribution is 7.98. The fourth-order valence-electron chi connectivity index (χ4n) is 1.50. The van der Waals surface area contributed by atoms with Crippen LogP contribution in [0.5, 0.6) is 0 Å². The van der Waals surface area contributed by atoms with Gasteiger partial charge in [-0.1, -0.05) is 25.1 Å². The van der Waals surface area contributed by atoms with Crippen molar-refractivity contribution in [3.63, 3.8) is 0 Å². The molecule has 0 aliphatic rings. The molecule has 1 rings (SSSR count). The van der Waals surface area contributed by atoms with Crippen molar-refractivity contribution in [2.24, 2.45) is 0 Å². The number of hydrogen-bond acceptors (Lipinski definition) is 1. The number of thioether (sulfide) groups is 1. The topological polar surface area (TPSA) is 0 Å². The fourth-order valence-corrected chi connectivity index (χ4v) is 2.26. The normalized spacial score (nSPS) is 12.9. The second kappa shape index (κ2) is 4.71. The van der Waals surface area contributed by atoms with Crippen molar-refractivity contribution in [3.8, 4) is 0 Å². The van der Waals surface area contributed by atoms with E-state index in [9.17, 15) is 0 Å². The molecule has 0 aromatic heterocycles. The summed E-state index contributed by atoms with van der Waals surface area (Å²) in [6.07, 6.45) is 3.40. The van der Waals surface area contributed by atoms with E-state index in [1.165, 1.54) is 23.1 Å². The van der Waals surface area contributed by atoms with Crippen LogP contribution in [0.15, 0.2) is 18.2 Å². The number of benzene rings is 1. The molecule has 0 heterocycles. The second-order valence-electron chi connectivity index (χ2n) is 3.48. The van der Waals surface area contributed by atoms with Crippen molar-refractivity contribution in [2.45, 2.75) is 32.4 Å². The molecule has 13 heavy (non-hydrogen) atoms. The molecule has 72 valence electrons. The van der Waals surface area contributed by atoms with Crippen molar-refractivity contribution in [3.05, 3.63) is 34.9 Å². The third-order valence-electron chi connectivity index (χ3n) is 2.56. The Bertz CT molecular complexity index is 274. The highest BCUT2D eigenvalue weighted by Crippen LogP contribution is 2.30. The molecule has 1 atom stereocenters. The molecule has 0 aliphatic carbocycles. The van der Waals surface area contributed by atoms with Crippen molar-refractivity contribution >= 4 is 11.8 Å². The maximum atomic E-state index is 2.32. The number of aryl methyl sites for hydroxylation is 2. The Morgan fingerprint density at radius 2 is 1.92 bits per heavy atom. The minimum atomic E-state index is 0.666. The number of rotatable bonds is 3. The van der Waals surface area contributed by atoms with E-state index in [2.05, 4.69) is 45.2 Å². The summed E-state index contributed by atoms with van der Waals surface area (Å²) in [4.78, 5) is 0. The van der Waals surface area contributed by atoms with Crippen molar-refractivity contribution in [2.75, 3.05) is 6.26 Å². The Balaban J connectivity index is 2.95. The molecule has 0 fully saturated rings. The summed E-state index contributed by atoms with van der Waals surface area (Å²) in [5.74, 6) is 0. The van der Waals surface area contributed by atoms with Gasteiger partial charge in [0.25, 0.3) is 0 Å². The monoisotopic (exact) mass is 194 g/mol. The maximum absolute atomic E-state index is 2.32. The van der Waals surface area contributed by atoms with Gasteiger partial charge in [0.2, 0.25) is 0 Å². The SMILES string of the molecule is CCC(SC)c1ccc(C)c(C)c1. The van der Waals surface area contributed by atoms with E-state index in [0.29, 0.717) is 5.25 Å². The molecule has 1 aromatic rings. The van der Waals surface area contributed by atoms with Gasteiger partial charge in [-0.15, -0.1) is 0 Å². The summed E-state index contributed by atoms with van der Waals surface area (Å²) < 4.78 is 0. The van der Waals surface area contributed by atoms with Crippen LogP contribution in [0.25, 0.3) is 0 Å². The van der Waals surface area contributed by atoms with Crippen LogP contribution in [0.2, 0.25) is 0 Å². The van der Waals surface area contributed by atoms with Gasteiger partial charge in [0.1, 0.15) is 0 Å². The van der Waals surface area contributed by atoms with Gasteiger partial charge >= 0.3 is 0 Å². The predicted molar refractivity (Wildman–Crippen MR) is 62.5 cm³/mol. The lowest BCUT2D eigenvalue weighted by Crippen LogP contribution is -1.93. The van der Waals surface area contributed by atoms with Crippen molar-refractivity contribution in [1.29, 1.82) is 0 Å². The molecule has 0 amide bonds. The van der Waals surface area contributed by atoms with Crippen LogP contribution in [-0.4, -0.2) is 6.26 Å². The van der Waals surface area contributed by atoms with Gasteiger partial charge in [-0.05, 0) is 43.2 Å². The van der Waals surface area contributed by atoms with Crippen LogP contribution in [0.1, 0.15) is 35.3 Å². The largest absolute Gasteiger partial charge is 0.157 e. The van der Waals surface area contributed by atoms with Gasteiger partial charge < -0.3 is 0 Å². The summed E-state index contributed by atoms with van der Waals surface area (Å²) >= 11 is 1.94. The maximum Gasteiger partial charge on any atom is 0.0292 e. The van der Waals surface area contributed by atoms with Crippen LogP contribution in [-0.2, 0) is 0 Å². The lowest BCUT2D eigenvalue weighted by Gasteiger charge is -2.13. The number of hydrogen-bond donors (Lipinski definition) is 0. The summed E-state index contributed by atoms with van der Waals surface area (Å²) in [5.41, 5.74) is 4.27.